The van der Waals surface area contributed by atoms with E-state index < -0.39 is 29.8 Å². The van der Waals surface area contributed by atoms with Gasteiger partial charge in [0, 0.05) is 6.54 Å². The number of methoxy groups -OCH3 is 1. The van der Waals surface area contributed by atoms with Crippen LogP contribution in [0.15, 0.2) is 36.4 Å². The second-order valence-corrected chi connectivity index (χ2v) is 5.68. The number of anilines is 1. The highest BCUT2D eigenvalue weighted by molar-refractivity contribution is 5.92. The summed E-state index contributed by atoms with van der Waals surface area (Å²) in [6.07, 6.45) is 0. The fourth-order valence-corrected chi connectivity index (χ4v) is 2.41. The summed E-state index contributed by atoms with van der Waals surface area (Å²) in [6, 6.07) is 7.66. The molecule has 146 valence electrons. The molecule has 0 spiro atoms. The predicted molar refractivity (Wildman–Crippen MR) is 90.9 cm³/mol. The van der Waals surface area contributed by atoms with Gasteiger partial charge in [-0.05, 0) is 36.9 Å². The summed E-state index contributed by atoms with van der Waals surface area (Å²) in [6.45, 7) is -2.86. The molecule has 0 fully saturated rings. The molecule has 0 aliphatic carbocycles. The maximum Gasteiger partial charge on any atom is 0.387 e. The normalized spacial score (nSPS) is 11.0. The van der Waals surface area contributed by atoms with Crippen LogP contribution in [0.25, 0.3) is 0 Å². The molecule has 5 nitrogen and oxygen atoms in total. The van der Waals surface area contributed by atoms with Gasteiger partial charge < -0.3 is 14.8 Å². The third-order valence-electron chi connectivity index (χ3n) is 3.54. The minimum atomic E-state index is -2.98. The fourth-order valence-electron chi connectivity index (χ4n) is 2.41. The van der Waals surface area contributed by atoms with Crippen molar-refractivity contribution >= 4 is 11.6 Å². The summed E-state index contributed by atoms with van der Waals surface area (Å²) in [5.41, 5.74) is 0.159. The monoisotopic (exact) mass is 386 g/mol. The van der Waals surface area contributed by atoms with E-state index in [2.05, 4.69) is 10.1 Å². The van der Waals surface area contributed by atoms with Crippen molar-refractivity contribution in [1.82, 2.24) is 4.90 Å². The fraction of sp³-hybridized carbons (Fsp3) is 0.278. The predicted octanol–water partition coefficient (Wildman–Crippen LogP) is 3.65. The van der Waals surface area contributed by atoms with Gasteiger partial charge in [-0.1, -0.05) is 12.1 Å². The van der Waals surface area contributed by atoms with Gasteiger partial charge in [0.05, 0.1) is 13.7 Å². The lowest BCUT2D eigenvalue weighted by atomic mass is 10.2. The third-order valence-corrected chi connectivity index (χ3v) is 3.54. The van der Waals surface area contributed by atoms with Crippen LogP contribution in [0.4, 0.5) is 23.2 Å². The van der Waals surface area contributed by atoms with E-state index in [-0.39, 0.29) is 24.6 Å². The number of carbonyl (C=O) groups is 1. The van der Waals surface area contributed by atoms with Crippen LogP contribution < -0.4 is 14.8 Å². The van der Waals surface area contributed by atoms with Crippen molar-refractivity contribution in [2.45, 2.75) is 13.2 Å². The highest BCUT2D eigenvalue weighted by Crippen LogP contribution is 2.29. The third kappa shape index (κ3) is 5.85. The number of rotatable bonds is 8. The molecule has 0 heterocycles. The number of amides is 1. The first-order valence-corrected chi connectivity index (χ1v) is 7.84. The molecule has 0 aliphatic rings. The topological polar surface area (TPSA) is 50.8 Å². The van der Waals surface area contributed by atoms with Crippen LogP contribution in [0.2, 0.25) is 0 Å². The molecule has 1 amide bonds. The average Bonchev–Trinajstić information content (AvgIpc) is 2.59. The second kappa shape index (κ2) is 9.22. The van der Waals surface area contributed by atoms with Crippen LogP contribution >= 0.6 is 0 Å². The molecule has 0 bridgehead atoms. The Morgan fingerprint density at radius 2 is 1.81 bits per heavy atom. The van der Waals surface area contributed by atoms with Crippen molar-refractivity contribution in [3.8, 4) is 11.5 Å². The van der Waals surface area contributed by atoms with E-state index in [1.807, 2.05) is 0 Å². The number of nitrogens with zero attached hydrogens (tertiary/aromatic N) is 1. The van der Waals surface area contributed by atoms with E-state index in [0.717, 1.165) is 12.1 Å². The Balaban J connectivity index is 1.98. The van der Waals surface area contributed by atoms with E-state index in [0.29, 0.717) is 5.56 Å². The Kier molecular flexibility index (Phi) is 7.00. The van der Waals surface area contributed by atoms with Crippen LogP contribution in [-0.2, 0) is 11.3 Å². The first kappa shape index (κ1) is 20.5. The molecule has 27 heavy (non-hydrogen) atoms. The van der Waals surface area contributed by atoms with E-state index in [1.54, 1.807) is 18.0 Å². The molecule has 0 saturated heterocycles. The molecule has 0 unspecified atom stereocenters. The molecule has 0 radical (unpaired) electrons. The quantitative estimate of drug-likeness (QED) is 0.704. The van der Waals surface area contributed by atoms with Gasteiger partial charge in [-0.15, -0.1) is 0 Å². The van der Waals surface area contributed by atoms with Crippen molar-refractivity contribution in [2.75, 3.05) is 26.0 Å². The van der Waals surface area contributed by atoms with Crippen LogP contribution in [0.5, 0.6) is 11.5 Å². The minimum Gasteiger partial charge on any atom is -0.493 e. The zero-order valence-electron chi connectivity index (χ0n) is 14.6. The van der Waals surface area contributed by atoms with Gasteiger partial charge in [0.15, 0.2) is 11.5 Å². The molecule has 0 aliphatic heterocycles. The molecular weight excluding hydrogens is 368 g/mol. The number of hydrogen-bond donors (Lipinski definition) is 1. The Morgan fingerprint density at radius 1 is 1.15 bits per heavy atom. The molecule has 0 aromatic heterocycles. The van der Waals surface area contributed by atoms with E-state index >= 15 is 0 Å². The number of para-hydroxylation sites is 1. The highest BCUT2D eigenvalue weighted by Gasteiger charge is 2.15. The average molecular weight is 386 g/mol. The first-order valence-electron chi connectivity index (χ1n) is 7.84. The summed E-state index contributed by atoms with van der Waals surface area (Å²) in [4.78, 5) is 13.6. The van der Waals surface area contributed by atoms with Crippen LogP contribution in [0, 0.1) is 11.6 Å². The second-order valence-electron chi connectivity index (χ2n) is 5.68. The van der Waals surface area contributed by atoms with E-state index in [9.17, 15) is 22.4 Å². The summed E-state index contributed by atoms with van der Waals surface area (Å²) in [5, 5.41) is 2.19. The molecular formula is C18H18F4N2O3. The van der Waals surface area contributed by atoms with Gasteiger partial charge in [-0.25, -0.2) is 8.78 Å². The Bertz CT molecular complexity index is 782. The summed E-state index contributed by atoms with van der Waals surface area (Å²) in [5.74, 6) is -2.33. The molecule has 0 atom stereocenters. The van der Waals surface area contributed by atoms with E-state index in [1.165, 1.54) is 25.3 Å². The molecule has 2 rings (SSSR count). The van der Waals surface area contributed by atoms with Crippen molar-refractivity contribution < 1.29 is 31.8 Å². The summed E-state index contributed by atoms with van der Waals surface area (Å²) < 4.78 is 61.2. The number of nitrogens with one attached hydrogen (secondary N) is 1. The lowest BCUT2D eigenvalue weighted by Crippen LogP contribution is -2.30. The maximum atomic E-state index is 13.6. The van der Waals surface area contributed by atoms with Crippen molar-refractivity contribution in [3.63, 3.8) is 0 Å². The van der Waals surface area contributed by atoms with Crippen LogP contribution in [-0.4, -0.2) is 38.1 Å². The van der Waals surface area contributed by atoms with E-state index in [4.69, 9.17) is 4.74 Å². The van der Waals surface area contributed by atoms with Crippen molar-refractivity contribution in [2.24, 2.45) is 0 Å². The lowest BCUT2D eigenvalue weighted by molar-refractivity contribution is -0.117. The zero-order valence-corrected chi connectivity index (χ0v) is 14.6. The van der Waals surface area contributed by atoms with Gasteiger partial charge in [-0.3, -0.25) is 9.69 Å². The molecule has 0 saturated carbocycles. The number of ether oxygens (including phenoxy) is 2. The Morgan fingerprint density at radius 3 is 2.41 bits per heavy atom. The van der Waals surface area contributed by atoms with Crippen molar-refractivity contribution in [3.05, 3.63) is 53.6 Å². The lowest BCUT2D eigenvalue weighted by Gasteiger charge is -2.18. The SMILES string of the molecule is COc1cc(CN(C)CC(=O)Nc2c(F)cccc2F)ccc1OC(F)F. The molecule has 2 aromatic carbocycles. The maximum absolute atomic E-state index is 13.6. The van der Waals surface area contributed by atoms with Gasteiger partial charge in [0.1, 0.15) is 17.3 Å². The molecule has 1 N–H and O–H groups in total. The number of benzene rings is 2. The standard InChI is InChI=1S/C18H18F4N2O3/c1-24(10-16(25)23-17-12(19)4-3-5-13(17)20)9-11-6-7-14(27-18(21)22)15(8-11)26-2/h3-8,18H,9-10H2,1-2H3,(H,23,25). The Labute approximate surface area is 153 Å². The largest absolute Gasteiger partial charge is 0.493 e. The van der Waals surface area contributed by atoms with Gasteiger partial charge in [0.2, 0.25) is 5.91 Å². The van der Waals surface area contributed by atoms with Gasteiger partial charge in [-0.2, -0.15) is 8.78 Å². The smallest absolute Gasteiger partial charge is 0.387 e. The summed E-state index contributed by atoms with van der Waals surface area (Å²) in [7, 11) is 2.94. The summed E-state index contributed by atoms with van der Waals surface area (Å²) >= 11 is 0. The van der Waals surface area contributed by atoms with Crippen LogP contribution in [0.3, 0.4) is 0 Å². The number of likely N-dealkylation sites (N-methyl/N-ethyl adjacent to an activating group) is 1. The Hall–Kier alpha value is -2.81. The number of hydrogen-bond acceptors (Lipinski definition) is 4. The number of carbonyl (C=O) groups excluding carboxylic acids is 1. The van der Waals surface area contributed by atoms with Crippen molar-refractivity contribution in [1.29, 1.82) is 0 Å². The minimum absolute atomic E-state index is 0.105. The van der Waals surface area contributed by atoms with Crippen LogP contribution in [0.1, 0.15) is 5.56 Å². The van der Waals surface area contributed by atoms with Gasteiger partial charge >= 0.3 is 6.61 Å². The number of halogens is 4. The molecule has 2 aromatic rings. The first-order chi connectivity index (χ1) is 12.8. The highest BCUT2D eigenvalue weighted by atomic mass is 19.3. The molecule has 9 heteroatoms. The van der Waals surface area contributed by atoms with Gasteiger partial charge in [0.25, 0.3) is 0 Å². The zero-order chi connectivity index (χ0) is 20.0. The number of alkyl halides is 2.